The van der Waals surface area contributed by atoms with Gasteiger partial charge in [-0.05, 0) is 51.1 Å². The summed E-state index contributed by atoms with van der Waals surface area (Å²) in [5.41, 5.74) is 3.87. The van der Waals surface area contributed by atoms with Gasteiger partial charge >= 0.3 is 0 Å². The third-order valence-electron chi connectivity index (χ3n) is 4.75. The zero-order valence-corrected chi connectivity index (χ0v) is 16.0. The number of carbonyl (C=O) groups excluding carboxylic acids is 1. The third kappa shape index (κ3) is 3.67. The van der Waals surface area contributed by atoms with Crippen molar-refractivity contribution in [3.05, 3.63) is 47.3 Å². The van der Waals surface area contributed by atoms with E-state index in [2.05, 4.69) is 16.8 Å². The third-order valence-corrected chi connectivity index (χ3v) is 4.75. The number of nitrogens with zero attached hydrogens (tertiary/aromatic N) is 2. The Kier molecular flexibility index (Phi) is 6.14. The zero-order chi connectivity index (χ0) is 17.3. The van der Waals surface area contributed by atoms with E-state index in [4.69, 9.17) is 4.74 Å². The van der Waals surface area contributed by atoms with Gasteiger partial charge in [-0.3, -0.25) is 4.79 Å². The molecule has 1 amide bonds. The first-order valence-corrected chi connectivity index (χ1v) is 8.38. The van der Waals surface area contributed by atoms with Crippen molar-refractivity contribution in [1.29, 1.82) is 0 Å². The molecule has 1 aliphatic heterocycles. The van der Waals surface area contributed by atoms with E-state index in [9.17, 15) is 4.79 Å². The molecule has 2 aromatic rings. The van der Waals surface area contributed by atoms with Crippen LogP contribution in [0.2, 0.25) is 0 Å². The average Bonchev–Trinajstić information content (AvgIpc) is 2.89. The number of aromatic nitrogens is 1. The maximum absolute atomic E-state index is 13.0. The van der Waals surface area contributed by atoms with Crippen LogP contribution in [0.4, 0.5) is 0 Å². The number of nitrogens with one attached hydrogen (secondary N) is 1. The van der Waals surface area contributed by atoms with Gasteiger partial charge in [-0.2, -0.15) is 0 Å². The minimum Gasteiger partial charge on any atom is -0.497 e. The Morgan fingerprint density at radius 2 is 1.92 bits per heavy atom. The number of methoxy groups -OCH3 is 1. The minimum atomic E-state index is 0. The molecule has 0 spiro atoms. The summed E-state index contributed by atoms with van der Waals surface area (Å²) in [6, 6.07) is 10.1. The predicted molar refractivity (Wildman–Crippen MR) is 102 cm³/mol. The van der Waals surface area contributed by atoms with Gasteiger partial charge in [0, 0.05) is 42.8 Å². The molecule has 1 atom stereocenters. The summed E-state index contributed by atoms with van der Waals surface area (Å²) in [5.74, 6) is 0.948. The topological polar surface area (TPSA) is 46.5 Å². The van der Waals surface area contributed by atoms with E-state index in [1.165, 1.54) is 0 Å². The van der Waals surface area contributed by atoms with Crippen molar-refractivity contribution in [3.63, 3.8) is 0 Å². The molecule has 3 rings (SSSR count). The Labute approximate surface area is 155 Å². The molecule has 1 fully saturated rings. The van der Waals surface area contributed by atoms with Crippen LogP contribution in [0.1, 0.15) is 28.7 Å². The zero-order valence-electron chi connectivity index (χ0n) is 15.2. The highest BCUT2D eigenvalue weighted by Crippen LogP contribution is 2.24. The number of aryl methyl sites for hydroxylation is 1. The first-order chi connectivity index (χ1) is 11.5. The highest BCUT2D eigenvalue weighted by atomic mass is 35.5. The first-order valence-electron chi connectivity index (χ1n) is 8.38. The summed E-state index contributed by atoms with van der Waals surface area (Å²) in [7, 11) is 1.66. The van der Waals surface area contributed by atoms with Crippen molar-refractivity contribution in [1.82, 2.24) is 14.8 Å². The second-order valence-electron chi connectivity index (χ2n) is 6.37. The standard InChI is InChI=1S/C19H25N3O2.ClH/c1-13-11-18(19(23)21-10-9-20-12-14(21)2)15(3)22(13)16-5-7-17(24-4)8-6-16;/h5-8,11,14,20H,9-10,12H2,1-4H3;1H. The maximum atomic E-state index is 13.0. The van der Waals surface area contributed by atoms with Crippen molar-refractivity contribution in [3.8, 4) is 11.4 Å². The quantitative estimate of drug-likeness (QED) is 0.912. The van der Waals surface area contributed by atoms with Gasteiger partial charge in [0.25, 0.3) is 5.91 Å². The molecule has 6 heteroatoms. The number of benzene rings is 1. The van der Waals surface area contributed by atoms with E-state index in [0.29, 0.717) is 0 Å². The van der Waals surface area contributed by atoms with Gasteiger partial charge in [0.1, 0.15) is 5.75 Å². The van der Waals surface area contributed by atoms with Crippen molar-refractivity contribution < 1.29 is 9.53 Å². The van der Waals surface area contributed by atoms with Gasteiger partial charge in [-0.25, -0.2) is 0 Å². The van der Waals surface area contributed by atoms with Crippen molar-refractivity contribution in [2.45, 2.75) is 26.8 Å². The maximum Gasteiger partial charge on any atom is 0.256 e. The lowest BCUT2D eigenvalue weighted by Crippen LogP contribution is -2.52. The largest absolute Gasteiger partial charge is 0.497 e. The van der Waals surface area contributed by atoms with Crippen LogP contribution in [0.25, 0.3) is 5.69 Å². The van der Waals surface area contributed by atoms with Gasteiger partial charge in [-0.15, -0.1) is 12.4 Å². The van der Waals surface area contributed by atoms with E-state index >= 15 is 0 Å². The number of hydrogen-bond acceptors (Lipinski definition) is 3. The molecule has 0 radical (unpaired) electrons. The second kappa shape index (κ2) is 7.93. The molecule has 0 bridgehead atoms. The number of carbonyl (C=O) groups is 1. The van der Waals surface area contributed by atoms with Crippen LogP contribution in [-0.4, -0.2) is 48.2 Å². The Morgan fingerprint density at radius 3 is 2.52 bits per heavy atom. The molecule has 2 heterocycles. The molecule has 0 saturated carbocycles. The fourth-order valence-electron chi connectivity index (χ4n) is 3.41. The first kappa shape index (κ1) is 19.3. The molecule has 1 saturated heterocycles. The molecule has 1 aromatic carbocycles. The number of piperazine rings is 1. The van der Waals surface area contributed by atoms with E-state index in [1.807, 2.05) is 49.1 Å². The fourth-order valence-corrected chi connectivity index (χ4v) is 3.41. The van der Waals surface area contributed by atoms with Crippen LogP contribution >= 0.6 is 12.4 Å². The number of halogens is 1. The lowest BCUT2D eigenvalue weighted by molar-refractivity contribution is 0.0655. The highest BCUT2D eigenvalue weighted by molar-refractivity contribution is 5.96. The predicted octanol–water partition coefficient (Wildman–Crippen LogP) is 2.96. The molecule has 5 nitrogen and oxygen atoms in total. The lowest BCUT2D eigenvalue weighted by Gasteiger charge is -2.34. The Balaban J connectivity index is 0.00000225. The van der Waals surface area contributed by atoms with Crippen LogP contribution in [0.15, 0.2) is 30.3 Å². The van der Waals surface area contributed by atoms with E-state index in [1.54, 1.807) is 7.11 Å². The summed E-state index contributed by atoms with van der Waals surface area (Å²) < 4.78 is 7.35. The molecule has 25 heavy (non-hydrogen) atoms. The van der Waals surface area contributed by atoms with Crippen LogP contribution in [0.3, 0.4) is 0 Å². The van der Waals surface area contributed by atoms with Gasteiger partial charge < -0.3 is 19.5 Å². The number of hydrogen-bond donors (Lipinski definition) is 1. The summed E-state index contributed by atoms with van der Waals surface area (Å²) in [5, 5.41) is 3.33. The second-order valence-corrected chi connectivity index (χ2v) is 6.37. The summed E-state index contributed by atoms with van der Waals surface area (Å²) in [4.78, 5) is 15.0. The summed E-state index contributed by atoms with van der Waals surface area (Å²) >= 11 is 0. The summed E-state index contributed by atoms with van der Waals surface area (Å²) in [6.45, 7) is 8.60. The minimum absolute atomic E-state index is 0. The molecule has 1 unspecified atom stereocenters. The normalized spacial score (nSPS) is 17.1. The van der Waals surface area contributed by atoms with Crippen LogP contribution in [0, 0.1) is 13.8 Å². The van der Waals surface area contributed by atoms with Gasteiger partial charge in [0.15, 0.2) is 0 Å². The number of rotatable bonds is 3. The smallest absolute Gasteiger partial charge is 0.256 e. The lowest BCUT2D eigenvalue weighted by atomic mass is 10.1. The average molecular weight is 364 g/mol. The van der Waals surface area contributed by atoms with Gasteiger partial charge in [0.05, 0.1) is 12.7 Å². The van der Waals surface area contributed by atoms with Crippen LogP contribution in [0.5, 0.6) is 5.75 Å². The van der Waals surface area contributed by atoms with E-state index < -0.39 is 0 Å². The monoisotopic (exact) mass is 363 g/mol. The molecule has 1 N–H and O–H groups in total. The fraction of sp³-hybridized carbons (Fsp3) is 0.421. The molecule has 0 aliphatic carbocycles. The van der Waals surface area contributed by atoms with E-state index in [0.717, 1.165) is 48.0 Å². The highest BCUT2D eigenvalue weighted by Gasteiger charge is 2.27. The molecule has 1 aromatic heterocycles. The molecule has 136 valence electrons. The number of ether oxygens (including phenoxy) is 1. The van der Waals surface area contributed by atoms with Crippen LogP contribution < -0.4 is 10.1 Å². The number of amides is 1. The van der Waals surface area contributed by atoms with Gasteiger partial charge in [-0.1, -0.05) is 0 Å². The van der Waals surface area contributed by atoms with Crippen molar-refractivity contribution >= 4 is 18.3 Å². The van der Waals surface area contributed by atoms with Crippen LogP contribution in [-0.2, 0) is 0 Å². The molecule has 1 aliphatic rings. The summed E-state index contributed by atoms with van der Waals surface area (Å²) in [6.07, 6.45) is 0. The Morgan fingerprint density at radius 1 is 1.24 bits per heavy atom. The molecular weight excluding hydrogens is 338 g/mol. The van der Waals surface area contributed by atoms with Gasteiger partial charge in [0.2, 0.25) is 0 Å². The SMILES string of the molecule is COc1ccc(-n2c(C)cc(C(=O)N3CCNCC3C)c2C)cc1.Cl. The Hall–Kier alpha value is -1.98. The molecular formula is C19H26ClN3O2. The Bertz CT molecular complexity index is 740. The van der Waals surface area contributed by atoms with Crippen molar-refractivity contribution in [2.24, 2.45) is 0 Å². The van der Waals surface area contributed by atoms with Crippen molar-refractivity contribution in [2.75, 3.05) is 26.7 Å². The van der Waals surface area contributed by atoms with E-state index in [-0.39, 0.29) is 24.4 Å².